The summed E-state index contributed by atoms with van der Waals surface area (Å²) < 4.78 is 27.8. The van der Waals surface area contributed by atoms with Crippen molar-refractivity contribution in [2.75, 3.05) is 0 Å². The summed E-state index contributed by atoms with van der Waals surface area (Å²) in [4.78, 5) is 0. The number of ether oxygens (including phenoxy) is 1. The molecular weight excluding hydrogens is 204 g/mol. The molecule has 0 heterocycles. The minimum Gasteiger partial charge on any atom is -0.435 e. The lowest BCUT2D eigenvalue weighted by atomic mass is 10.0. The van der Waals surface area contributed by atoms with E-state index in [2.05, 4.69) is 4.74 Å². The summed E-state index contributed by atoms with van der Waals surface area (Å²) in [7, 11) is 0. The minimum absolute atomic E-state index is 0.0755. The molecule has 0 saturated heterocycles. The number of alkyl halides is 2. The van der Waals surface area contributed by atoms with Crippen LogP contribution < -0.4 is 10.5 Å². The van der Waals surface area contributed by atoms with Crippen LogP contribution in [0.3, 0.4) is 0 Å². The fraction of sp³-hybridized carbons (Fsp3) is 0.400. The molecule has 0 saturated carbocycles. The molecule has 1 aromatic carbocycles. The lowest BCUT2D eigenvalue weighted by Crippen LogP contribution is -2.22. The third kappa shape index (κ3) is 3.45. The Labute approximate surface area is 86.5 Å². The Morgan fingerprint density at radius 3 is 2.20 bits per heavy atom. The number of hydrogen-bond acceptors (Lipinski definition) is 3. The van der Waals surface area contributed by atoms with Crippen molar-refractivity contribution in [2.24, 2.45) is 5.73 Å². The van der Waals surface area contributed by atoms with Crippen molar-refractivity contribution in [3.8, 4) is 5.75 Å². The smallest absolute Gasteiger partial charge is 0.387 e. The third-order valence-electron chi connectivity index (χ3n) is 2.01. The highest BCUT2D eigenvalue weighted by molar-refractivity contribution is 5.29. The molecule has 0 radical (unpaired) electrons. The monoisotopic (exact) mass is 217 g/mol. The molecule has 0 spiro atoms. The first-order chi connectivity index (χ1) is 7.00. The number of aliphatic hydroxyl groups is 1. The van der Waals surface area contributed by atoms with Crippen molar-refractivity contribution in [1.82, 2.24) is 0 Å². The Morgan fingerprint density at radius 1 is 1.27 bits per heavy atom. The van der Waals surface area contributed by atoms with Crippen LogP contribution in [0.2, 0.25) is 0 Å². The summed E-state index contributed by atoms with van der Waals surface area (Å²) in [6.45, 7) is -1.27. The molecule has 1 rings (SSSR count). The average Bonchev–Trinajstić information content (AvgIpc) is 2.17. The Balaban J connectivity index is 2.72. The van der Waals surface area contributed by atoms with Crippen LogP contribution >= 0.6 is 0 Å². The van der Waals surface area contributed by atoms with Crippen LogP contribution in [-0.4, -0.2) is 17.8 Å². The molecule has 3 N–H and O–H groups in total. The van der Waals surface area contributed by atoms with Gasteiger partial charge in [-0.1, -0.05) is 12.1 Å². The quantitative estimate of drug-likeness (QED) is 0.806. The zero-order valence-corrected chi connectivity index (χ0v) is 8.23. The molecule has 0 fully saturated rings. The van der Waals surface area contributed by atoms with Crippen molar-refractivity contribution < 1.29 is 18.6 Å². The predicted molar refractivity (Wildman–Crippen MR) is 51.7 cm³/mol. The maximum atomic E-state index is 11.8. The normalized spacial score (nSPS) is 15.1. The SMILES string of the molecule is CC(O)C(N)c1ccc(OC(F)F)cc1. The first kappa shape index (κ1) is 11.9. The Bertz CT molecular complexity index is 301. The standard InChI is InChI=1S/C10H13F2NO2/c1-6(14)9(13)7-2-4-8(5-3-7)15-10(11)12/h2-6,9-10,14H,13H2,1H3. The summed E-state index contributed by atoms with van der Waals surface area (Å²) in [6.07, 6.45) is -0.688. The molecule has 0 amide bonds. The molecule has 0 aliphatic heterocycles. The van der Waals surface area contributed by atoms with E-state index in [4.69, 9.17) is 5.73 Å². The molecule has 2 atom stereocenters. The second kappa shape index (κ2) is 5.04. The first-order valence-electron chi connectivity index (χ1n) is 4.49. The van der Waals surface area contributed by atoms with Gasteiger partial charge in [0.2, 0.25) is 0 Å². The van der Waals surface area contributed by atoms with E-state index in [1.54, 1.807) is 19.1 Å². The van der Waals surface area contributed by atoms with Gasteiger partial charge in [-0.15, -0.1) is 0 Å². The molecule has 84 valence electrons. The van der Waals surface area contributed by atoms with Gasteiger partial charge in [0.1, 0.15) is 5.75 Å². The third-order valence-corrected chi connectivity index (χ3v) is 2.01. The fourth-order valence-electron chi connectivity index (χ4n) is 1.15. The van der Waals surface area contributed by atoms with E-state index in [0.717, 1.165) is 0 Å². The van der Waals surface area contributed by atoms with Gasteiger partial charge in [-0.05, 0) is 24.6 Å². The van der Waals surface area contributed by atoms with E-state index in [0.29, 0.717) is 5.56 Å². The number of nitrogens with two attached hydrogens (primary N) is 1. The molecule has 1 aromatic rings. The van der Waals surface area contributed by atoms with Gasteiger partial charge in [0.25, 0.3) is 0 Å². The van der Waals surface area contributed by atoms with Crippen molar-refractivity contribution >= 4 is 0 Å². The van der Waals surface area contributed by atoms with Gasteiger partial charge in [-0.25, -0.2) is 0 Å². The largest absolute Gasteiger partial charge is 0.435 e. The topological polar surface area (TPSA) is 55.5 Å². The molecule has 0 bridgehead atoms. The predicted octanol–water partition coefficient (Wildman–Crippen LogP) is 1.67. The summed E-state index contributed by atoms with van der Waals surface area (Å²) in [5.41, 5.74) is 6.32. The lowest BCUT2D eigenvalue weighted by molar-refractivity contribution is -0.0498. The van der Waals surface area contributed by atoms with Gasteiger partial charge < -0.3 is 15.6 Å². The van der Waals surface area contributed by atoms with Crippen LogP contribution in [0, 0.1) is 0 Å². The number of rotatable bonds is 4. The summed E-state index contributed by atoms with van der Waals surface area (Å²) in [5.74, 6) is 0.0755. The highest BCUT2D eigenvalue weighted by Crippen LogP contribution is 2.19. The number of benzene rings is 1. The fourth-order valence-corrected chi connectivity index (χ4v) is 1.15. The summed E-state index contributed by atoms with van der Waals surface area (Å²) >= 11 is 0. The van der Waals surface area contributed by atoms with E-state index in [1.165, 1.54) is 12.1 Å². The van der Waals surface area contributed by atoms with Crippen molar-refractivity contribution in [1.29, 1.82) is 0 Å². The lowest BCUT2D eigenvalue weighted by Gasteiger charge is -2.15. The number of hydrogen-bond donors (Lipinski definition) is 2. The Hall–Kier alpha value is -1.20. The molecule has 3 nitrogen and oxygen atoms in total. The maximum Gasteiger partial charge on any atom is 0.387 e. The van der Waals surface area contributed by atoms with Crippen LogP contribution in [0.5, 0.6) is 5.75 Å². The molecule has 2 unspecified atom stereocenters. The van der Waals surface area contributed by atoms with E-state index >= 15 is 0 Å². The second-order valence-electron chi connectivity index (χ2n) is 3.21. The van der Waals surface area contributed by atoms with Gasteiger partial charge in [-0.3, -0.25) is 0 Å². The van der Waals surface area contributed by atoms with Crippen molar-refractivity contribution in [3.05, 3.63) is 29.8 Å². The molecule has 0 aliphatic rings. The van der Waals surface area contributed by atoms with Gasteiger partial charge in [0, 0.05) is 0 Å². The average molecular weight is 217 g/mol. The van der Waals surface area contributed by atoms with Crippen LogP contribution in [0.1, 0.15) is 18.5 Å². The zero-order chi connectivity index (χ0) is 11.4. The van der Waals surface area contributed by atoms with Crippen LogP contribution in [0.25, 0.3) is 0 Å². The van der Waals surface area contributed by atoms with E-state index in [9.17, 15) is 13.9 Å². The summed E-state index contributed by atoms with van der Waals surface area (Å²) in [6, 6.07) is 5.36. The molecule has 15 heavy (non-hydrogen) atoms. The molecule has 0 aliphatic carbocycles. The number of halogens is 2. The van der Waals surface area contributed by atoms with Gasteiger partial charge >= 0.3 is 6.61 Å². The van der Waals surface area contributed by atoms with Crippen LogP contribution in [0.15, 0.2) is 24.3 Å². The van der Waals surface area contributed by atoms with Gasteiger partial charge in [0.05, 0.1) is 12.1 Å². The summed E-state index contributed by atoms with van der Waals surface area (Å²) in [5, 5.41) is 9.21. The van der Waals surface area contributed by atoms with E-state index in [1.807, 2.05) is 0 Å². The van der Waals surface area contributed by atoms with Gasteiger partial charge in [0.15, 0.2) is 0 Å². The van der Waals surface area contributed by atoms with Crippen molar-refractivity contribution in [2.45, 2.75) is 25.7 Å². The van der Waals surface area contributed by atoms with Crippen molar-refractivity contribution in [3.63, 3.8) is 0 Å². The minimum atomic E-state index is -2.83. The van der Waals surface area contributed by atoms with E-state index < -0.39 is 18.8 Å². The Kier molecular flexibility index (Phi) is 3.99. The highest BCUT2D eigenvalue weighted by atomic mass is 19.3. The van der Waals surface area contributed by atoms with Crippen LogP contribution in [-0.2, 0) is 0 Å². The Morgan fingerprint density at radius 2 is 1.80 bits per heavy atom. The van der Waals surface area contributed by atoms with Gasteiger partial charge in [-0.2, -0.15) is 8.78 Å². The zero-order valence-electron chi connectivity index (χ0n) is 8.23. The second-order valence-corrected chi connectivity index (χ2v) is 3.21. The molecule has 5 heteroatoms. The maximum absolute atomic E-state index is 11.8. The highest BCUT2D eigenvalue weighted by Gasteiger charge is 2.12. The first-order valence-corrected chi connectivity index (χ1v) is 4.49. The van der Waals surface area contributed by atoms with Crippen LogP contribution in [0.4, 0.5) is 8.78 Å². The molecular formula is C10H13F2NO2. The number of aliphatic hydroxyl groups excluding tert-OH is 1. The molecule has 0 aromatic heterocycles. The van der Waals surface area contributed by atoms with E-state index in [-0.39, 0.29) is 5.75 Å².